The Labute approximate surface area is 109 Å². The molecular weight excluding hydrogens is 284 g/mol. The van der Waals surface area contributed by atoms with Gasteiger partial charge in [0, 0.05) is 15.8 Å². The van der Waals surface area contributed by atoms with E-state index in [0.717, 1.165) is 21.9 Å². The van der Waals surface area contributed by atoms with Crippen LogP contribution < -0.4 is 5.32 Å². The molecule has 0 unspecified atom stereocenters. The molecule has 1 aliphatic heterocycles. The number of hydrogen-bond acceptors (Lipinski definition) is 2. The number of rotatable bonds is 2. The van der Waals surface area contributed by atoms with Crippen LogP contribution in [-0.2, 0) is 6.54 Å². The highest BCUT2D eigenvalue weighted by Crippen LogP contribution is 2.22. The molecule has 1 saturated heterocycles. The molecule has 4 heteroatoms. The van der Waals surface area contributed by atoms with Gasteiger partial charge in [-0.05, 0) is 31.5 Å². The third-order valence-electron chi connectivity index (χ3n) is 2.31. The van der Waals surface area contributed by atoms with Crippen LogP contribution in [0.2, 0.25) is 0 Å². The van der Waals surface area contributed by atoms with E-state index in [2.05, 4.69) is 52.2 Å². The number of nitrogens with one attached hydrogen (secondary N) is 1. The molecule has 1 N–H and O–H groups in total. The molecule has 0 saturated carbocycles. The van der Waals surface area contributed by atoms with Gasteiger partial charge in [-0.2, -0.15) is 0 Å². The third-order valence-corrected chi connectivity index (χ3v) is 4.17. The monoisotopic (exact) mass is 298 g/mol. The van der Waals surface area contributed by atoms with Gasteiger partial charge in [0.2, 0.25) is 0 Å². The van der Waals surface area contributed by atoms with Crippen LogP contribution in [0.3, 0.4) is 0 Å². The van der Waals surface area contributed by atoms with Gasteiger partial charge in [0.15, 0.2) is 5.17 Å². The van der Waals surface area contributed by atoms with Gasteiger partial charge in [0.1, 0.15) is 0 Å². The first-order valence-electron chi connectivity index (χ1n) is 5.25. The lowest BCUT2D eigenvalue weighted by Crippen LogP contribution is -2.36. The summed E-state index contributed by atoms with van der Waals surface area (Å²) in [6.45, 7) is 5.13. The summed E-state index contributed by atoms with van der Waals surface area (Å²) in [5.74, 6) is 1.09. The standard InChI is InChI=1S/C12H15BrN2S/c1-12(2)8-16-11(15-12)14-7-9-4-3-5-10(13)6-9/h3-6H,7-8H2,1-2H3,(H,14,15). The molecule has 16 heavy (non-hydrogen) atoms. The van der Waals surface area contributed by atoms with E-state index < -0.39 is 0 Å². The van der Waals surface area contributed by atoms with E-state index in [1.54, 1.807) is 11.8 Å². The van der Waals surface area contributed by atoms with Crippen molar-refractivity contribution < 1.29 is 0 Å². The zero-order valence-corrected chi connectivity index (χ0v) is 11.9. The fraction of sp³-hybridized carbons (Fsp3) is 0.417. The summed E-state index contributed by atoms with van der Waals surface area (Å²) in [4.78, 5) is 4.58. The van der Waals surface area contributed by atoms with Crippen molar-refractivity contribution in [3.8, 4) is 0 Å². The highest BCUT2D eigenvalue weighted by atomic mass is 79.9. The molecule has 0 aromatic heterocycles. The van der Waals surface area contributed by atoms with Crippen molar-refractivity contribution in [2.75, 3.05) is 5.75 Å². The zero-order valence-electron chi connectivity index (χ0n) is 9.46. The number of nitrogens with zero attached hydrogens (tertiary/aromatic N) is 1. The van der Waals surface area contributed by atoms with Gasteiger partial charge in [0.05, 0.1) is 6.54 Å². The SMILES string of the molecule is CC1(C)CSC(=NCc2cccc(Br)c2)N1. The summed E-state index contributed by atoms with van der Waals surface area (Å²) in [5.41, 5.74) is 1.41. The van der Waals surface area contributed by atoms with E-state index in [1.807, 2.05) is 12.1 Å². The van der Waals surface area contributed by atoms with Gasteiger partial charge in [-0.3, -0.25) is 4.99 Å². The fourth-order valence-electron chi connectivity index (χ4n) is 1.49. The quantitative estimate of drug-likeness (QED) is 0.905. The van der Waals surface area contributed by atoms with Crippen molar-refractivity contribution in [2.24, 2.45) is 4.99 Å². The smallest absolute Gasteiger partial charge is 0.157 e. The second-order valence-corrected chi connectivity index (χ2v) is 6.43. The van der Waals surface area contributed by atoms with Crippen LogP contribution in [0.15, 0.2) is 33.7 Å². The normalized spacial score (nSPS) is 21.1. The lowest BCUT2D eigenvalue weighted by atomic mass is 10.1. The summed E-state index contributed by atoms with van der Waals surface area (Å²) >= 11 is 5.26. The molecule has 0 radical (unpaired) electrons. The maximum atomic E-state index is 4.58. The summed E-state index contributed by atoms with van der Waals surface area (Å²) in [5, 5.41) is 4.48. The van der Waals surface area contributed by atoms with Crippen molar-refractivity contribution >= 4 is 32.9 Å². The molecule has 0 aliphatic carbocycles. The first kappa shape index (κ1) is 12.0. The maximum Gasteiger partial charge on any atom is 0.157 e. The van der Waals surface area contributed by atoms with E-state index in [1.165, 1.54) is 5.56 Å². The number of halogens is 1. The average molecular weight is 299 g/mol. The van der Waals surface area contributed by atoms with Crippen LogP contribution in [0, 0.1) is 0 Å². The molecule has 1 aliphatic rings. The number of benzene rings is 1. The molecule has 1 aromatic rings. The minimum absolute atomic E-state index is 0.181. The highest BCUT2D eigenvalue weighted by molar-refractivity contribution is 9.10. The largest absolute Gasteiger partial charge is 0.359 e. The zero-order chi connectivity index (χ0) is 11.6. The van der Waals surface area contributed by atoms with Crippen molar-refractivity contribution in [1.29, 1.82) is 0 Å². The van der Waals surface area contributed by atoms with Crippen LogP contribution in [0.5, 0.6) is 0 Å². The maximum absolute atomic E-state index is 4.58. The highest BCUT2D eigenvalue weighted by Gasteiger charge is 2.26. The Morgan fingerprint density at radius 3 is 2.94 bits per heavy atom. The van der Waals surface area contributed by atoms with Crippen molar-refractivity contribution in [2.45, 2.75) is 25.9 Å². The van der Waals surface area contributed by atoms with Crippen LogP contribution in [0.1, 0.15) is 19.4 Å². The van der Waals surface area contributed by atoms with Gasteiger partial charge in [0.25, 0.3) is 0 Å². The minimum Gasteiger partial charge on any atom is -0.359 e. The Bertz CT molecular complexity index is 415. The van der Waals surface area contributed by atoms with Gasteiger partial charge in [-0.1, -0.05) is 39.8 Å². The molecule has 86 valence electrons. The van der Waals surface area contributed by atoms with Crippen molar-refractivity contribution in [1.82, 2.24) is 5.32 Å². The summed E-state index contributed by atoms with van der Waals surface area (Å²) in [6, 6.07) is 8.27. The van der Waals surface area contributed by atoms with Gasteiger partial charge < -0.3 is 5.32 Å². The summed E-state index contributed by atoms with van der Waals surface area (Å²) in [6.07, 6.45) is 0. The predicted octanol–water partition coefficient (Wildman–Crippen LogP) is 3.42. The Morgan fingerprint density at radius 1 is 1.50 bits per heavy atom. The van der Waals surface area contributed by atoms with E-state index in [4.69, 9.17) is 0 Å². The Balaban J connectivity index is 2.00. The Morgan fingerprint density at radius 2 is 2.31 bits per heavy atom. The third kappa shape index (κ3) is 3.25. The lowest BCUT2D eigenvalue weighted by Gasteiger charge is -2.15. The first-order valence-corrected chi connectivity index (χ1v) is 7.03. The molecule has 2 rings (SSSR count). The molecule has 0 amide bonds. The number of aliphatic imine (C=N–C) groups is 1. The number of amidine groups is 1. The van der Waals surface area contributed by atoms with Gasteiger partial charge in [-0.25, -0.2) is 0 Å². The van der Waals surface area contributed by atoms with Crippen LogP contribution in [0.4, 0.5) is 0 Å². The molecule has 0 bridgehead atoms. The molecule has 1 heterocycles. The number of thioether (sulfide) groups is 1. The van der Waals surface area contributed by atoms with Crippen LogP contribution in [0.25, 0.3) is 0 Å². The summed E-state index contributed by atoms with van der Waals surface area (Å²) < 4.78 is 1.11. The second-order valence-electron chi connectivity index (χ2n) is 4.55. The van der Waals surface area contributed by atoms with Gasteiger partial charge >= 0.3 is 0 Å². The topological polar surface area (TPSA) is 24.4 Å². The van der Waals surface area contributed by atoms with E-state index >= 15 is 0 Å². The molecule has 1 aromatic carbocycles. The molecular formula is C12H15BrN2S. The van der Waals surface area contributed by atoms with E-state index in [-0.39, 0.29) is 5.54 Å². The van der Waals surface area contributed by atoms with Gasteiger partial charge in [-0.15, -0.1) is 0 Å². The average Bonchev–Trinajstić information content (AvgIpc) is 2.56. The Hall–Kier alpha value is -0.480. The molecule has 0 spiro atoms. The van der Waals surface area contributed by atoms with E-state index in [0.29, 0.717) is 0 Å². The summed E-state index contributed by atoms with van der Waals surface area (Å²) in [7, 11) is 0. The molecule has 1 fully saturated rings. The van der Waals surface area contributed by atoms with Crippen LogP contribution >= 0.6 is 27.7 Å². The van der Waals surface area contributed by atoms with Crippen LogP contribution in [-0.4, -0.2) is 16.5 Å². The second kappa shape index (κ2) is 4.80. The van der Waals surface area contributed by atoms with Crippen molar-refractivity contribution in [3.63, 3.8) is 0 Å². The number of hydrogen-bond donors (Lipinski definition) is 1. The predicted molar refractivity (Wildman–Crippen MR) is 75.0 cm³/mol. The minimum atomic E-state index is 0.181. The molecule has 0 atom stereocenters. The lowest BCUT2D eigenvalue weighted by molar-refractivity contribution is 0.536. The molecule has 2 nitrogen and oxygen atoms in total. The van der Waals surface area contributed by atoms with Crippen molar-refractivity contribution in [3.05, 3.63) is 34.3 Å². The fourth-order valence-corrected chi connectivity index (χ4v) is 3.01. The first-order chi connectivity index (χ1) is 7.55. The Kier molecular flexibility index (Phi) is 3.60. The van der Waals surface area contributed by atoms with E-state index in [9.17, 15) is 0 Å².